The molecule has 0 amide bonds. The minimum atomic E-state index is -0.413. The fourth-order valence-electron chi connectivity index (χ4n) is 11.3. The molecule has 4 aromatic rings. The Kier molecular flexibility index (Phi) is 17.5. The number of ether oxygens (including phenoxy) is 2. The summed E-state index contributed by atoms with van der Waals surface area (Å²) in [5, 5.41) is 0. The highest BCUT2D eigenvalue weighted by atomic mass is 79.9. The monoisotopic (exact) mass is 960 g/mol. The van der Waals surface area contributed by atoms with Gasteiger partial charge in [0.15, 0.2) is 0 Å². The average molecular weight is 963 g/mol. The van der Waals surface area contributed by atoms with Crippen LogP contribution in [-0.2, 0) is 33.1 Å². The Bertz CT molecular complexity index is 2040. The van der Waals surface area contributed by atoms with E-state index in [0.29, 0.717) is 0 Å². The summed E-state index contributed by atoms with van der Waals surface area (Å²) in [6, 6.07) is 32.2. The molecule has 0 aliphatic heterocycles. The summed E-state index contributed by atoms with van der Waals surface area (Å²) in [5.41, 5.74) is 17.0. The molecule has 7 rings (SSSR count). The fourth-order valence-corrected chi connectivity index (χ4v) is 12.1. The van der Waals surface area contributed by atoms with E-state index in [9.17, 15) is 0 Å². The van der Waals surface area contributed by atoms with Gasteiger partial charge in [0.1, 0.15) is 0 Å². The van der Waals surface area contributed by atoms with Crippen LogP contribution in [0.15, 0.2) is 101 Å². The van der Waals surface area contributed by atoms with Crippen molar-refractivity contribution in [2.75, 3.05) is 26.4 Å². The van der Waals surface area contributed by atoms with Crippen molar-refractivity contribution in [3.63, 3.8) is 0 Å². The largest absolute Gasteiger partial charge is 0.382 e. The van der Waals surface area contributed by atoms with Gasteiger partial charge >= 0.3 is 0 Å². The first-order valence-corrected chi connectivity index (χ1v) is 26.5. The molecule has 0 aromatic heterocycles. The number of alkyl halides is 1. The van der Waals surface area contributed by atoms with Crippen LogP contribution < -0.4 is 0 Å². The number of benzene rings is 4. The zero-order valence-electron chi connectivity index (χ0n) is 38.6. The van der Waals surface area contributed by atoms with Crippen molar-refractivity contribution >= 4 is 37.4 Å². The lowest BCUT2D eigenvalue weighted by molar-refractivity contribution is 0.145. The van der Waals surface area contributed by atoms with Crippen molar-refractivity contribution in [2.24, 2.45) is 0 Å². The molecule has 0 fully saturated rings. The molecule has 0 bridgehead atoms. The third kappa shape index (κ3) is 10.2. The normalized spacial score (nSPS) is 16.7. The van der Waals surface area contributed by atoms with Crippen molar-refractivity contribution in [3.05, 3.63) is 146 Å². The van der Waals surface area contributed by atoms with Gasteiger partial charge in [-0.15, -0.1) is 0 Å². The molecule has 0 heterocycles. The molecule has 3 aliphatic carbocycles. The number of rotatable bonds is 26. The zero-order valence-corrected chi connectivity index (χ0v) is 41.7. The number of unbranched alkanes of at least 4 members (excludes halogenated alkanes) is 10. The molecule has 3 aliphatic rings. The maximum Gasteiger partial charge on any atom is 0.0677 e. The van der Waals surface area contributed by atoms with Gasteiger partial charge in [0.2, 0.25) is 0 Å². The van der Waals surface area contributed by atoms with Crippen LogP contribution in [0.25, 0.3) is 16.7 Å². The summed E-state index contributed by atoms with van der Waals surface area (Å²) in [7, 11) is 0. The first-order valence-electron chi connectivity index (χ1n) is 24.8. The molecule has 0 spiro atoms. The lowest BCUT2D eigenvalue weighted by Crippen LogP contribution is -2.31. The highest BCUT2D eigenvalue weighted by Gasteiger charge is 2.51. The Balaban J connectivity index is 1.39. The standard InChI is InChI=1S/C58H74Br2O2/c1-5-9-11-13-15-17-35-57(36-18-16-14-12-10-6-2)53-39-47(59)31-33-49(53)51-42-56-52(41-54(51)57)50-34-32-48(60)40-55(50)58(56,45-27-23-43(24-28-45)21-19-37-61-7-3)46-29-25-44(26-30-46)22-20-38-62-8-4/h23-34,39,41-42,48H,5-22,35-38,40H2,1-4H3. The third-order valence-corrected chi connectivity index (χ3v) is 15.5. The van der Waals surface area contributed by atoms with Crippen LogP contribution in [0, 0.1) is 0 Å². The minimum absolute atomic E-state index is 0.00752. The zero-order chi connectivity index (χ0) is 43.4. The van der Waals surface area contributed by atoms with Crippen molar-refractivity contribution < 1.29 is 9.47 Å². The SMILES string of the molecule is CCCCCCCCC1(CCCCCCCC)c2cc(Br)ccc2-c2cc3c(cc21)C1=C(CC(Br)C=C1)C3(c1ccc(CCCOCC)cc1)c1ccc(CCCOCC)cc1. The second kappa shape index (κ2) is 22.9. The summed E-state index contributed by atoms with van der Waals surface area (Å²) in [4.78, 5) is 0.287. The molecule has 0 N–H and O–H groups in total. The maximum absolute atomic E-state index is 5.73. The summed E-state index contributed by atoms with van der Waals surface area (Å²) >= 11 is 8.11. The first-order chi connectivity index (χ1) is 30.4. The number of fused-ring (bicyclic) bond motifs is 5. The molecule has 0 radical (unpaired) electrons. The number of allylic oxidation sites excluding steroid dienone is 4. The number of halogens is 2. The molecular weight excluding hydrogens is 888 g/mol. The Morgan fingerprint density at radius 3 is 1.61 bits per heavy atom. The van der Waals surface area contributed by atoms with Crippen LogP contribution in [0.3, 0.4) is 0 Å². The van der Waals surface area contributed by atoms with E-state index in [2.05, 4.69) is 151 Å². The van der Waals surface area contributed by atoms with Gasteiger partial charge < -0.3 is 9.47 Å². The number of aryl methyl sites for hydroxylation is 2. The van der Waals surface area contributed by atoms with Gasteiger partial charge in [-0.3, -0.25) is 0 Å². The predicted molar refractivity (Wildman–Crippen MR) is 272 cm³/mol. The summed E-state index contributed by atoms with van der Waals surface area (Å²) in [5.74, 6) is 0. The molecule has 1 unspecified atom stereocenters. The quantitative estimate of drug-likeness (QED) is 0.0461. The van der Waals surface area contributed by atoms with Crippen LogP contribution >= 0.6 is 31.9 Å². The fraction of sp³-hybridized carbons (Fsp3) is 0.517. The van der Waals surface area contributed by atoms with Crippen molar-refractivity contribution in [1.82, 2.24) is 0 Å². The van der Waals surface area contributed by atoms with E-state index in [1.165, 1.54) is 150 Å². The van der Waals surface area contributed by atoms with Crippen molar-refractivity contribution in [3.8, 4) is 11.1 Å². The summed E-state index contributed by atoms with van der Waals surface area (Å²) in [6.45, 7) is 12.0. The maximum atomic E-state index is 5.73. The van der Waals surface area contributed by atoms with Gasteiger partial charge in [-0.2, -0.15) is 0 Å². The molecule has 4 heteroatoms. The Morgan fingerprint density at radius 1 is 0.548 bits per heavy atom. The summed E-state index contributed by atoms with van der Waals surface area (Å²) in [6.07, 6.45) is 28.3. The van der Waals surface area contributed by atoms with Crippen LogP contribution in [0.5, 0.6) is 0 Å². The molecule has 62 heavy (non-hydrogen) atoms. The Hall–Kier alpha value is -2.76. The molecule has 0 saturated heterocycles. The van der Waals surface area contributed by atoms with Crippen LogP contribution in [-0.4, -0.2) is 31.3 Å². The highest BCUT2D eigenvalue weighted by Crippen LogP contribution is 2.62. The van der Waals surface area contributed by atoms with Gasteiger partial charge in [-0.25, -0.2) is 0 Å². The molecule has 1 atom stereocenters. The lowest BCUT2D eigenvalue weighted by Gasteiger charge is -2.38. The van der Waals surface area contributed by atoms with E-state index in [1.807, 2.05) is 0 Å². The minimum Gasteiger partial charge on any atom is -0.382 e. The second-order valence-corrected chi connectivity index (χ2v) is 20.6. The van der Waals surface area contributed by atoms with Gasteiger partial charge in [0.25, 0.3) is 0 Å². The second-order valence-electron chi connectivity index (χ2n) is 18.5. The lowest BCUT2D eigenvalue weighted by atomic mass is 9.64. The van der Waals surface area contributed by atoms with E-state index < -0.39 is 5.41 Å². The van der Waals surface area contributed by atoms with Gasteiger partial charge in [-0.05, 0) is 150 Å². The van der Waals surface area contributed by atoms with Gasteiger partial charge in [-0.1, -0.05) is 190 Å². The third-order valence-electron chi connectivity index (χ3n) is 14.4. The first kappa shape index (κ1) is 47.2. The average Bonchev–Trinajstić information content (AvgIpc) is 3.71. The molecule has 4 aromatic carbocycles. The highest BCUT2D eigenvalue weighted by molar-refractivity contribution is 9.10. The van der Waals surface area contributed by atoms with E-state index in [1.54, 1.807) is 11.1 Å². The van der Waals surface area contributed by atoms with E-state index >= 15 is 0 Å². The molecule has 0 saturated carbocycles. The molecule has 2 nitrogen and oxygen atoms in total. The van der Waals surface area contributed by atoms with Crippen LogP contribution in [0.4, 0.5) is 0 Å². The van der Waals surface area contributed by atoms with Gasteiger partial charge in [0.05, 0.1) is 5.41 Å². The van der Waals surface area contributed by atoms with Crippen LogP contribution in [0.1, 0.15) is 181 Å². The molecular formula is C58H74Br2O2. The number of hydrogen-bond acceptors (Lipinski definition) is 2. The smallest absolute Gasteiger partial charge is 0.0677 e. The van der Waals surface area contributed by atoms with Gasteiger partial charge in [0, 0.05) is 41.1 Å². The number of hydrogen-bond donors (Lipinski definition) is 0. The Labute approximate surface area is 393 Å². The predicted octanol–water partition coefficient (Wildman–Crippen LogP) is 17.0. The van der Waals surface area contributed by atoms with Crippen molar-refractivity contribution in [1.29, 1.82) is 0 Å². The van der Waals surface area contributed by atoms with E-state index in [-0.39, 0.29) is 10.2 Å². The topological polar surface area (TPSA) is 18.5 Å². The van der Waals surface area contributed by atoms with E-state index in [0.717, 1.165) is 58.5 Å². The Morgan fingerprint density at radius 2 is 1.06 bits per heavy atom. The van der Waals surface area contributed by atoms with Crippen LogP contribution in [0.2, 0.25) is 0 Å². The summed E-state index contributed by atoms with van der Waals surface area (Å²) < 4.78 is 12.7. The molecule has 332 valence electrons. The van der Waals surface area contributed by atoms with E-state index in [4.69, 9.17) is 9.47 Å². The van der Waals surface area contributed by atoms with Crippen molar-refractivity contribution in [2.45, 2.75) is 165 Å².